The Bertz CT molecular complexity index is 1220. The SMILES string of the molecule is CC1(C)C[C@@H](C(=O)Nc2cnc(OC3CC3)c(C#N)c2)c2cnc3cc(F)nn3c21. The molecule has 1 atom stereocenters. The van der Waals surface area contributed by atoms with Gasteiger partial charge < -0.3 is 10.1 Å². The second-order valence-electron chi connectivity index (χ2n) is 8.43. The van der Waals surface area contributed by atoms with Gasteiger partial charge in [-0.3, -0.25) is 4.79 Å². The number of carbonyl (C=O) groups is 1. The zero-order valence-electron chi connectivity index (χ0n) is 16.5. The van der Waals surface area contributed by atoms with E-state index in [0.29, 0.717) is 17.8 Å². The molecule has 1 saturated carbocycles. The molecule has 3 aromatic rings. The number of aromatic nitrogens is 4. The molecular weight excluding hydrogens is 387 g/mol. The molecule has 3 heterocycles. The van der Waals surface area contributed by atoms with Crippen molar-refractivity contribution in [2.45, 2.75) is 50.5 Å². The molecular formula is C21H19FN6O2. The summed E-state index contributed by atoms with van der Waals surface area (Å²) in [7, 11) is 0. The third-order valence-electron chi connectivity index (χ3n) is 5.57. The molecule has 0 saturated heterocycles. The molecule has 3 aromatic heterocycles. The molecule has 0 bridgehead atoms. The molecule has 5 rings (SSSR count). The standard InChI is InChI=1S/C21H19FN6O2/c1-21(2)7-14(15-10-24-17-6-16(22)27-28(17)18(15)21)19(29)26-12-5-11(8-23)20(25-9-12)30-13-3-4-13/h5-6,9-10,13-14H,3-4,7H2,1-2H3,(H,26,29)/t14-/m1/s1. The van der Waals surface area contributed by atoms with Crippen LogP contribution in [0.5, 0.6) is 5.88 Å². The molecule has 30 heavy (non-hydrogen) atoms. The Morgan fingerprint density at radius 1 is 1.33 bits per heavy atom. The summed E-state index contributed by atoms with van der Waals surface area (Å²) in [6.07, 6.45) is 5.68. The number of hydrogen-bond donors (Lipinski definition) is 1. The molecule has 0 spiro atoms. The first-order chi connectivity index (χ1) is 14.4. The summed E-state index contributed by atoms with van der Waals surface area (Å²) >= 11 is 0. The minimum atomic E-state index is -0.608. The molecule has 152 valence electrons. The van der Waals surface area contributed by atoms with Gasteiger partial charge in [-0.25, -0.2) is 14.5 Å². The maximum atomic E-state index is 13.7. The lowest BCUT2D eigenvalue weighted by Gasteiger charge is -2.19. The summed E-state index contributed by atoms with van der Waals surface area (Å²) in [5.74, 6) is -1.04. The van der Waals surface area contributed by atoms with Gasteiger partial charge in [-0.2, -0.15) is 9.65 Å². The van der Waals surface area contributed by atoms with Crippen LogP contribution in [-0.2, 0) is 10.2 Å². The molecule has 1 fully saturated rings. The highest BCUT2D eigenvalue weighted by Gasteiger charge is 2.43. The quantitative estimate of drug-likeness (QED) is 0.714. The van der Waals surface area contributed by atoms with Gasteiger partial charge in [0.25, 0.3) is 0 Å². The zero-order valence-corrected chi connectivity index (χ0v) is 16.5. The number of hydrogen-bond acceptors (Lipinski definition) is 6. The van der Waals surface area contributed by atoms with Crippen molar-refractivity contribution in [1.82, 2.24) is 19.6 Å². The summed E-state index contributed by atoms with van der Waals surface area (Å²) in [6, 6.07) is 4.90. The number of ether oxygens (including phenoxy) is 1. The smallest absolute Gasteiger partial charge is 0.235 e. The van der Waals surface area contributed by atoms with Crippen molar-refractivity contribution in [1.29, 1.82) is 5.26 Å². The Hall–Kier alpha value is -3.54. The fourth-order valence-electron chi connectivity index (χ4n) is 4.07. The number of amides is 1. The van der Waals surface area contributed by atoms with Crippen molar-refractivity contribution in [3.63, 3.8) is 0 Å². The van der Waals surface area contributed by atoms with Crippen LogP contribution < -0.4 is 10.1 Å². The van der Waals surface area contributed by atoms with Crippen LogP contribution in [0.1, 0.15) is 55.8 Å². The molecule has 8 nitrogen and oxygen atoms in total. The van der Waals surface area contributed by atoms with E-state index in [2.05, 4.69) is 26.5 Å². The monoisotopic (exact) mass is 406 g/mol. The van der Waals surface area contributed by atoms with E-state index in [4.69, 9.17) is 4.74 Å². The predicted octanol–water partition coefficient (Wildman–Crippen LogP) is 3.08. The lowest BCUT2D eigenvalue weighted by Crippen LogP contribution is -2.21. The van der Waals surface area contributed by atoms with Crippen molar-refractivity contribution in [2.24, 2.45) is 0 Å². The highest BCUT2D eigenvalue weighted by molar-refractivity contribution is 5.96. The van der Waals surface area contributed by atoms with Gasteiger partial charge in [0.05, 0.1) is 23.5 Å². The lowest BCUT2D eigenvalue weighted by atomic mass is 9.88. The molecule has 2 aliphatic rings. The topological polar surface area (TPSA) is 105 Å². The van der Waals surface area contributed by atoms with E-state index in [0.717, 1.165) is 24.1 Å². The largest absolute Gasteiger partial charge is 0.473 e. The van der Waals surface area contributed by atoms with Gasteiger partial charge in [0, 0.05) is 23.2 Å². The summed E-state index contributed by atoms with van der Waals surface area (Å²) in [6.45, 7) is 4.00. The van der Waals surface area contributed by atoms with E-state index in [9.17, 15) is 14.4 Å². The van der Waals surface area contributed by atoms with Crippen molar-refractivity contribution in [3.05, 3.63) is 47.3 Å². The first kappa shape index (κ1) is 18.5. The Morgan fingerprint density at radius 2 is 2.13 bits per heavy atom. The number of pyridine rings is 1. The van der Waals surface area contributed by atoms with E-state index in [1.54, 1.807) is 12.3 Å². The van der Waals surface area contributed by atoms with E-state index < -0.39 is 17.3 Å². The Morgan fingerprint density at radius 3 is 2.87 bits per heavy atom. The average molecular weight is 406 g/mol. The number of nitriles is 1. The number of rotatable bonds is 4. The fourth-order valence-corrected chi connectivity index (χ4v) is 4.07. The van der Waals surface area contributed by atoms with Crippen LogP contribution in [0.3, 0.4) is 0 Å². The maximum absolute atomic E-state index is 13.7. The third-order valence-corrected chi connectivity index (χ3v) is 5.57. The highest BCUT2D eigenvalue weighted by atomic mass is 19.1. The fraction of sp³-hybridized carbons (Fsp3) is 0.381. The molecule has 1 amide bonds. The van der Waals surface area contributed by atoms with E-state index in [1.807, 2.05) is 13.8 Å². The minimum absolute atomic E-state index is 0.124. The molecule has 0 aliphatic heterocycles. The summed E-state index contributed by atoms with van der Waals surface area (Å²) < 4.78 is 20.8. The number of anilines is 1. The maximum Gasteiger partial charge on any atom is 0.235 e. The second kappa shape index (κ2) is 6.49. The first-order valence-electron chi connectivity index (χ1n) is 9.78. The number of nitrogens with zero attached hydrogens (tertiary/aromatic N) is 5. The van der Waals surface area contributed by atoms with Gasteiger partial charge in [-0.05, 0) is 25.3 Å². The summed E-state index contributed by atoms with van der Waals surface area (Å²) in [4.78, 5) is 21.6. The van der Waals surface area contributed by atoms with Gasteiger partial charge in [0.1, 0.15) is 17.7 Å². The number of nitrogens with one attached hydrogen (secondary N) is 1. The van der Waals surface area contributed by atoms with Crippen molar-refractivity contribution in [2.75, 3.05) is 5.32 Å². The number of carbonyl (C=O) groups excluding carboxylic acids is 1. The Kier molecular flexibility index (Phi) is 4.00. The number of halogens is 1. The van der Waals surface area contributed by atoms with Gasteiger partial charge in [0.2, 0.25) is 17.7 Å². The van der Waals surface area contributed by atoms with E-state index >= 15 is 0 Å². The highest BCUT2D eigenvalue weighted by Crippen LogP contribution is 2.45. The zero-order chi connectivity index (χ0) is 21.0. The molecule has 1 N–H and O–H groups in total. The number of fused-ring (bicyclic) bond motifs is 3. The van der Waals surface area contributed by atoms with Crippen LogP contribution in [0.25, 0.3) is 5.65 Å². The Balaban J connectivity index is 1.44. The summed E-state index contributed by atoms with van der Waals surface area (Å²) in [5, 5.41) is 16.2. The van der Waals surface area contributed by atoms with Crippen LogP contribution in [0.4, 0.5) is 10.1 Å². The molecule has 9 heteroatoms. The van der Waals surface area contributed by atoms with E-state index in [-0.39, 0.29) is 23.5 Å². The molecule has 0 radical (unpaired) electrons. The third kappa shape index (κ3) is 3.05. The second-order valence-corrected chi connectivity index (χ2v) is 8.43. The first-order valence-corrected chi connectivity index (χ1v) is 9.78. The average Bonchev–Trinajstić information content (AvgIpc) is 3.36. The van der Waals surface area contributed by atoms with Crippen LogP contribution in [0.2, 0.25) is 0 Å². The van der Waals surface area contributed by atoms with Crippen molar-refractivity contribution in [3.8, 4) is 11.9 Å². The predicted molar refractivity (Wildman–Crippen MR) is 105 cm³/mol. The van der Waals surface area contributed by atoms with Crippen LogP contribution >= 0.6 is 0 Å². The minimum Gasteiger partial charge on any atom is -0.473 e. The van der Waals surface area contributed by atoms with E-state index in [1.165, 1.54) is 16.8 Å². The van der Waals surface area contributed by atoms with Crippen molar-refractivity contribution >= 4 is 17.2 Å². The normalized spacial score (nSPS) is 19.3. The van der Waals surface area contributed by atoms with Crippen LogP contribution in [0, 0.1) is 17.3 Å². The van der Waals surface area contributed by atoms with Crippen LogP contribution in [0.15, 0.2) is 24.5 Å². The van der Waals surface area contributed by atoms with Gasteiger partial charge in [0.15, 0.2) is 5.65 Å². The van der Waals surface area contributed by atoms with Crippen LogP contribution in [-0.4, -0.2) is 31.6 Å². The summed E-state index contributed by atoms with van der Waals surface area (Å²) in [5.41, 5.74) is 2.22. The molecule has 2 aliphatic carbocycles. The van der Waals surface area contributed by atoms with Gasteiger partial charge in [-0.1, -0.05) is 13.8 Å². The Labute approximate surface area is 171 Å². The lowest BCUT2D eigenvalue weighted by molar-refractivity contribution is -0.117. The van der Waals surface area contributed by atoms with Gasteiger partial charge in [-0.15, -0.1) is 5.10 Å². The molecule has 0 aromatic carbocycles. The van der Waals surface area contributed by atoms with Gasteiger partial charge >= 0.3 is 0 Å². The molecule has 0 unspecified atom stereocenters. The van der Waals surface area contributed by atoms with Crippen molar-refractivity contribution < 1.29 is 13.9 Å².